The third-order valence-electron chi connectivity index (χ3n) is 6.90. The van der Waals surface area contributed by atoms with Crippen molar-refractivity contribution in [1.29, 1.82) is 0 Å². The van der Waals surface area contributed by atoms with Crippen molar-refractivity contribution in [3.05, 3.63) is 78.2 Å². The summed E-state index contributed by atoms with van der Waals surface area (Å²) in [6.07, 6.45) is 4.68. The summed E-state index contributed by atoms with van der Waals surface area (Å²) in [4.78, 5) is 31.7. The van der Waals surface area contributed by atoms with E-state index >= 15 is 0 Å². The van der Waals surface area contributed by atoms with Gasteiger partial charge in [-0.15, -0.1) is 0 Å². The monoisotopic (exact) mass is 510 g/mol. The van der Waals surface area contributed by atoms with Crippen LogP contribution in [0.1, 0.15) is 29.4 Å². The molecule has 5 rings (SSSR count). The highest BCUT2D eigenvalue weighted by atomic mass is 16.5. The van der Waals surface area contributed by atoms with Gasteiger partial charge in [-0.25, -0.2) is 9.97 Å². The van der Waals surface area contributed by atoms with E-state index in [1.54, 1.807) is 0 Å². The number of hydrogen-bond acceptors (Lipinski definition) is 7. The molecule has 1 saturated heterocycles. The second-order valence-corrected chi connectivity index (χ2v) is 9.47. The molecule has 2 aromatic heterocycles. The number of anilines is 1. The van der Waals surface area contributed by atoms with Crippen molar-refractivity contribution in [2.24, 2.45) is 0 Å². The van der Waals surface area contributed by atoms with Crippen LogP contribution in [0, 0.1) is 6.92 Å². The molecule has 2 aromatic carbocycles. The van der Waals surface area contributed by atoms with E-state index in [9.17, 15) is 4.79 Å². The van der Waals surface area contributed by atoms with Gasteiger partial charge in [-0.3, -0.25) is 14.7 Å². The first-order valence-electron chi connectivity index (χ1n) is 13.3. The van der Waals surface area contributed by atoms with Gasteiger partial charge in [0.05, 0.1) is 24.0 Å². The van der Waals surface area contributed by atoms with Crippen molar-refractivity contribution in [3.8, 4) is 17.1 Å². The highest BCUT2D eigenvalue weighted by molar-refractivity contribution is 6.04. The van der Waals surface area contributed by atoms with Gasteiger partial charge in [-0.1, -0.05) is 18.2 Å². The zero-order valence-electron chi connectivity index (χ0n) is 22.1. The summed E-state index contributed by atoms with van der Waals surface area (Å²) in [6.45, 7) is 10.2. The summed E-state index contributed by atoms with van der Waals surface area (Å²) < 4.78 is 5.54. The Morgan fingerprint density at radius 1 is 1.00 bits per heavy atom. The molecule has 8 heteroatoms. The zero-order chi connectivity index (χ0) is 26.3. The molecular weight excluding hydrogens is 476 g/mol. The number of hydrogen-bond donors (Lipinski definition) is 1. The number of aryl methyl sites for hydroxylation is 1. The molecule has 1 N–H and O–H groups in total. The Morgan fingerprint density at radius 2 is 1.79 bits per heavy atom. The summed E-state index contributed by atoms with van der Waals surface area (Å²) in [6, 6.07) is 17.3. The molecule has 38 heavy (non-hydrogen) atoms. The van der Waals surface area contributed by atoms with E-state index in [0.29, 0.717) is 24.7 Å². The van der Waals surface area contributed by atoms with Crippen LogP contribution in [0.4, 0.5) is 5.69 Å². The lowest BCUT2D eigenvalue weighted by Gasteiger charge is -2.36. The molecule has 0 unspecified atom stereocenters. The fourth-order valence-electron chi connectivity index (χ4n) is 4.83. The quantitative estimate of drug-likeness (QED) is 0.335. The Hall–Kier alpha value is -4.04. The third kappa shape index (κ3) is 5.92. The van der Waals surface area contributed by atoms with Crippen molar-refractivity contribution in [2.45, 2.75) is 20.3 Å². The predicted molar refractivity (Wildman–Crippen MR) is 151 cm³/mol. The molecule has 8 nitrogen and oxygen atoms in total. The number of aromatic nitrogens is 3. The molecule has 196 valence electrons. The molecule has 1 amide bonds. The van der Waals surface area contributed by atoms with Gasteiger partial charge in [-0.2, -0.15) is 0 Å². The van der Waals surface area contributed by atoms with Crippen molar-refractivity contribution in [3.63, 3.8) is 0 Å². The van der Waals surface area contributed by atoms with Crippen molar-refractivity contribution >= 4 is 22.5 Å². The summed E-state index contributed by atoms with van der Waals surface area (Å²) >= 11 is 0. The minimum atomic E-state index is -0.173. The molecule has 0 saturated carbocycles. The maximum atomic E-state index is 13.2. The van der Waals surface area contributed by atoms with Crippen LogP contribution in [-0.4, -0.2) is 71.6 Å². The standard InChI is InChI=1S/C30H34N6O2/c1-3-38-24-11-9-23(10-12-24)29-33-26-8-5-4-7-25(26)28(34-29)30(37)32-14-6-16-35-17-19-36(20-18-35)27-21-31-15-13-22(27)2/h4-5,7-13,15,21H,3,6,14,16-20H2,1-2H3,(H,32,37). The van der Waals surface area contributed by atoms with Crippen LogP contribution >= 0.6 is 0 Å². The molecule has 1 fully saturated rings. The number of pyridine rings is 1. The fraction of sp³-hybridized carbons (Fsp3) is 0.333. The number of ether oxygens (including phenoxy) is 1. The molecule has 3 heterocycles. The summed E-state index contributed by atoms with van der Waals surface area (Å²) in [5, 5.41) is 3.83. The highest BCUT2D eigenvalue weighted by Crippen LogP contribution is 2.24. The predicted octanol–water partition coefficient (Wildman–Crippen LogP) is 4.34. The van der Waals surface area contributed by atoms with Gasteiger partial charge in [-0.05, 0) is 68.8 Å². The number of nitrogens with zero attached hydrogens (tertiary/aromatic N) is 5. The van der Waals surface area contributed by atoms with E-state index in [4.69, 9.17) is 9.72 Å². The van der Waals surface area contributed by atoms with Gasteiger partial charge < -0.3 is 15.0 Å². The number of benzene rings is 2. The molecule has 4 aromatic rings. The van der Waals surface area contributed by atoms with Crippen molar-refractivity contribution < 1.29 is 9.53 Å². The second-order valence-electron chi connectivity index (χ2n) is 9.47. The molecular formula is C30H34N6O2. The summed E-state index contributed by atoms with van der Waals surface area (Å²) in [5.74, 6) is 1.15. The average Bonchev–Trinajstić information content (AvgIpc) is 2.96. The van der Waals surface area contributed by atoms with Gasteiger partial charge in [0.15, 0.2) is 5.82 Å². The number of nitrogens with one attached hydrogen (secondary N) is 1. The Balaban J connectivity index is 1.18. The van der Waals surface area contributed by atoms with Crippen LogP contribution in [-0.2, 0) is 0 Å². The number of carbonyl (C=O) groups is 1. The fourth-order valence-corrected chi connectivity index (χ4v) is 4.83. The topological polar surface area (TPSA) is 83.5 Å². The summed E-state index contributed by atoms with van der Waals surface area (Å²) in [7, 11) is 0. The zero-order valence-corrected chi connectivity index (χ0v) is 22.1. The first-order valence-corrected chi connectivity index (χ1v) is 13.3. The van der Waals surface area contributed by atoms with Crippen LogP contribution in [0.15, 0.2) is 67.0 Å². The Kier molecular flexibility index (Phi) is 8.09. The van der Waals surface area contributed by atoms with Crippen LogP contribution in [0.25, 0.3) is 22.3 Å². The van der Waals surface area contributed by atoms with E-state index in [0.717, 1.165) is 61.4 Å². The van der Waals surface area contributed by atoms with E-state index in [2.05, 4.69) is 38.1 Å². The summed E-state index contributed by atoms with van der Waals surface area (Å²) in [5.41, 5.74) is 4.48. The first kappa shape index (κ1) is 25.6. The molecule has 0 radical (unpaired) electrons. The van der Waals surface area contributed by atoms with Gasteiger partial charge in [0, 0.05) is 49.9 Å². The lowest BCUT2D eigenvalue weighted by atomic mass is 10.1. The molecule has 1 aliphatic heterocycles. The average molecular weight is 511 g/mol. The number of fused-ring (bicyclic) bond motifs is 1. The number of para-hydroxylation sites is 1. The normalized spacial score (nSPS) is 14.0. The van der Waals surface area contributed by atoms with Crippen LogP contribution < -0.4 is 15.0 Å². The van der Waals surface area contributed by atoms with Crippen molar-refractivity contribution in [2.75, 3.05) is 50.8 Å². The number of rotatable bonds is 9. The third-order valence-corrected chi connectivity index (χ3v) is 6.90. The van der Waals surface area contributed by atoms with Gasteiger partial charge in [0.25, 0.3) is 5.91 Å². The van der Waals surface area contributed by atoms with E-state index in [-0.39, 0.29) is 5.91 Å². The molecule has 0 aliphatic carbocycles. The van der Waals surface area contributed by atoms with Crippen LogP contribution in [0.3, 0.4) is 0 Å². The lowest BCUT2D eigenvalue weighted by Crippen LogP contribution is -2.47. The Bertz CT molecular complexity index is 1380. The van der Waals surface area contributed by atoms with Gasteiger partial charge >= 0.3 is 0 Å². The van der Waals surface area contributed by atoms with Gasteiger partial charge in [0.1, 0.15) is 11.4 Å². The maximum absolute atomic E-state index is 13.2. The van der Waals surface area contributed by atoms with E-state index < -0.39 is 0 Å². The van der Waals surface area contributed by atoms with Crippen LogP contribution in [0.5, 0.6) is 5.75 Å². The minimum absolute atomic E-state index is 0.173. The molecule has 1 aliphatic rings. The van der Waals surface area contributed by atoms with Crippen LogP contribution in [0.2, 0.25) is 0 Å². The largest absolute Gasteiger partial charge is 0.494 e. The molecule has 0 bridgehead atoms. The number of piperazine rings is 1. The number of amides is 1. The smallest absolute Gasteiger partial charge is 0.270 e. The lowest BCUT2D eigenvalue weighted by molar-refractivity contribution is 0.0948. The minimum Gasteiger partial charge on any atom is -0.494 e. The maximum Gasteiger partial charge on any atom is 0.270 e. The van der Waals surface area contributed by atoms with Gasteiger partial charge in [0.2, 0.25) is 0 Å². The van der Waals surface area contributed by atoms with E-state index in [1.165, 1.54) is 11.3 Å². The Labute approximate surface area is 223 Å². The SMILES string of the molecule is CCOc1ccc(-c2nc(C(=O)NCCCN3CCN(c4cnccc4C)CC3)c3ccccc3n2)cc1. The highest BCUT2D eigenvalue weighted by Gasteiger charge is 2.19. The first-order chi connectivity index (χ1) is 18.6. The van der Waals surface area contributed by atoms with Crippen molar-refractivity contribution in [1.82, 2.24) is 25.2 Å². The number of carbonyl (C=O) groups excluding carboxylic acids is 1. The van der Waals surface area contributed by atoms with E-state index in [1.807, 2.05) is 67.8 Å². The second kappa shape index (κ2) is 12.0. The molecule has 0 atom stereocenters. The Morgan fingerprint density at radius 3 is 2.55 bits per heavy atom. The molecule has 0 spiro atoms.